The van der Waals surface area contributed by atoms with Crippen molar-refractivity contribution in [3.8, 4) is 5.75 Å². The number of rotatable bonds is 4. The molecule has 0 aliphatic rings. The van der Waals surface area contributed by atoms with Gasteiger partial charge >= 0.3 is 5.97 Å². The van der Waals surface area contributed by atoms with Gasteiger partial charge in [-0.25, -0.2) is 0 Å². The van der Waals surface area contributed by atoms with Gasteiger partial charge in [-0.05, 0) is 29.5 Å². The summed E-state index contributed by atoms with van der Waals surface area (Å²) < 4.78 is 0. The number of aromatic hydroxyl groups is 1. The van der Waals surface area contributed by atoms with Crippen LogP contribution in [0.4, 0.5) is 0 Å². The van der Waals surface area contributed by atoms with Gasteiger partial charge in [-0.2, -0.15) is 0 Å². The molecule has 0 saturated carbocycles. The van der Waals surface area contributed by atoms with Crippen molar-refractivity contribution in [2.24, 2.45) is 5.92 Å². The first-order valence-electron chi connectivity index (χ1n) is 5.46. The quantitative estimate of drug-likeness (QED) is 0.823. The molecule has 1 atom stereocenters. The second-order valence-corrected chi connectivity index (χ2v) is 4.49. The third kappa shape index (κ3) is 2.99. The van der Waals surface area contributed by atoms with E-state index in [1.165, 1.54) is 0 Å². The van der Waals surface area contributed by atoms with Crippen molar-refractivity contribution in [3.05, 3.63) is 29.3 Å². The second-order valence-electron chi connectivity index (χ2n) is 4.49. The Morgan fingerprint density at radius 3 is 2.44 bits per heavy atom. The molecule has 1 unspecified atom stereocenters. The highest BCUT2D eigenvalue weighted by molar-refractivity contribution is 5.70. The van der Waals surface area contributed by atoms with Gasteiger partial charge < -0.3 is 10.2 Å². The van der Waals surface area contributed by atoms with E-state index < -0.39 is 11.9 Å². The van der Waals surface area contributed by atoms with Crippen molar-refractivity contribution in [1.29, 1.82) is 0 Å². The fraction of sp³-hybridized carbons (Fsp3) is 0.462. The predicted octanol–water partition coefficient (Wildman–Crippen LogP) is 2.78. The van der Waals surface area contributed by atoms with Gasteiger partial charge in [0.15, 0.2) is 0 Å². The lowest BCUT2D eigenvalue weighted by Gasteiger charge is -2.12. The fourth-order valence-corrected chi connectivity index (χ4v) is 1.55. The van der Waals surface area contributed by atoms with E-state index in [2.05, 4.69) is 13.8 Å². The first-order chi connectivity index (χ1) is 7.41. The van der Waals surface area contributed by atoms with Gasteiger partial charge in [-0.1, -0.05) is 32.9 Å². The van der Waals surface area contributed by atoms with Gasteiger partial charge in [0, 0.05) is 0 Å². The summed E-state index contributed by atoms with van der Waals surface area (Å²) >= 11 is 0. The van der Waals surface area contributed by atoms with E-state index in [-0.39, 0.29) is 5.75 Å². The molecule has 0 aliphatic heterocycles. The normalized spacial score (nSPS) is 12.8. The van der Waals surface area contributed by atoms with Crippen molar-refractivity contribution in [2.75, 3.05) is 0 Å². The summed E-state index contributed by atoms with van der Waals surface area (Å²) in [6.07, 6.45) is 0.363. The maximum atomic E-state index is 10.8. The maximum absolute atomic E-state index is 10.8. The van der Waals surface area contributed by atoms with Gasteiger partial charge in [-0.15, -0.1) is 0 Å². The molecule has 0 aromatic heterocycles. The molecule has 88 valence electrons. The number of phenolic OH excluding ortho intramolecular Hbond substituents is 1. The molecule has 1 rings (SSSR count). The molecule has 16 heavy (non-hydrogen) atoms. The third-order valence-corrected chi connectivity index (χ3v) is 2.72. The maximum Gasteiger partial charge on any atom is 0.306 e. The summed E-state index contributed by atoms with van der Waals surface area (Å²) in [7, 11) is 0. The van der Waals surface area contributed by atoms with Crippen molar-refractivity contribution in [2.45, 2.75) is 33.1 Å². The van der Waals surface area contributed by atoms with Crippen molar-refractivity contribution < 1.29 is 15.0 Å². The monoisotopic (exact) mass is 222 g/mol. The number of benzene rings is 1. The molecule has 3 heteroatoms. The number of carbonyl (C=O) groups is 1. The summed E-state index contributed by atoms with van der Waals surface area (Å²) in [4.78, 5) is 10.8. The van der Waals surface area contributed by atoms with Crippen LogP contribution in [0, 0.1) is 5.92 Å². The summed E-state index contributed by atoms with van der Waals surface area (Å²) in [5.41, 5.74) is 1.83. The molecule has 1 aromatic rings. The third-order valence-electron chi connectivity index (χ3n) is 2.72. The lowest BCUT2D eigenvalue weighted by atomic mass is 9.95. The van der Waals surface area contributed by atoms with Crippen LogP contribution in [-0.2, 0) is 11.2 Å². The highest BCUT2D eigenvalue weighted by Gasteiger charge is 2.14. The van der Waals surface area contributed by atoms with Gasteiger partial charge in [0.25, 0.3) is 0 Å². The van der Waals surface area contributed by atoms with Crippen LogP contribution in [0.3, 0.4) is 0 Å². The van der Waals surface area contributed by atoms with E-state index in [0.717, 1.165) is 5.56 Å². The molecular weight excluding hydrogens is 204 g/mol. The molecule has 0 spiro atoms. The van der Waals surface area contributed by atoms with Crippen LogP contribution < -0.4 is 0 Å². The standard InChI is InChI=1S/C13H18O3/c1-8(2)10-4-5-12(14)11(7-10)6-9(3)13(15)16/h4-5,7-9,14H,6H2,1-3H3,(H,15,16). The molecule has 0 radical (unpaired) electrons. The van der Waals surface area contributed by atoms with Crippen molar-refractivity contribution in [1.82, 2.24) is 0 Å². The van der Waals surface area contributed by atoms with E-state index in [9.17, 15) is 9.90 Å². The van der Waals surface area contributed by atoms with Crippen LogP contribution in [0.5, 0.6) is 5.75 Å². The largest absolute Gasteiger partial charge is 0.508 e. The van der Waals surface area contributed by atoms with E-state index in [4.69, 9.17) is 5.11 Å². The zero-order chi connectivity index (χ0) is 12.3. The van der Waals surface area contributed by atoms with Crippen LogP contribution in [0.1, 0.15) is 37.8 Å². The average Bonchev–Trinajstić information content (AvgIpc) is 2.20. The van der Waals surface area contributed by atoms with Gasteiger partial charge in [-0.3, -0.25) is 4.79 Å². The molecule has 3 nitrogen and oxygen atoms in total. The minimum atomic E-state index is -0.839. The molecule has 0 aliphatic carbocycles. The molecular formula is C13H18O3. The van der Waals surface area contributed by atoms with Crippen LogP contribution >= 0.6 is 0 Å². The molecule has 0 heterocycles. The number of hydrogen-bond donors (Lipinski definition) is 2. The molecule has 0 amide bonds. The minimum absolute atomic E-state index is 0.178. The van der Waals surface area contributed by atoms with E-state index in [0.29, 0.717) is 17.9 Å². The predicted molar refractivity (Wildman–Crippen MR) is 62.7 cm³/mol. The molecule has 0 bridgehead atoms. The Hall–Kier alpha value is -1.51. The van der Waals surface area contributed by atoms with Crippen LogP contribution in [0.2, 0.25) is 0 Å². The average molecular weight is 222 g/mol. The fourth-order valence-electron chi connectivity index (χ4n) is 1.55. The Bertz CT molecular complexity index is 383. The first kappa shape index (κ1) is 12.6. The highest BCUT2D eigenvalue weighted by atomic mass is 16.4. The smallest absolute Gasteiger partial charge is 0.306 e. The number of carboxylic acids is 1. The van der Waals surface area contributed by atoms with Crippen molar-refractivity contribution in [3.63, 3.8) is 0 Å². The Kier molecular flexibility index (Phi) is 3.93. The van der Waals surface area contributed by atoms with Gasteiger partial charge in [0.1, 0.15) is 5.75 Å². The summed E-state index contributed by atoms with van der Waals surface area (Å²) in [5.74, 6) is -0.764. The number of phenols is 1. The molecule has 2 N–H and O–H groups in total. The van der Waals surface area contributed by atoms with Crippen molar-refractivity contribution >= 4 is 5.97 Å². The lowest BCUT2D eigenvalue weighted by molar-refractivity contribution is -0.141. The van der Waals surface area contributed by atoms with Crippen LogP contribution in [-0.4, -0.2) is 16.2 Å². The van der Waals surface area contributed by atoms with Crippen LogP contribution in [0.15, 0.2) is 18.2 Å². The van der Waals surface area contributed by atoms with E-state index >= 15 is 0 Å². The Labute approximate surface area is 95.7 Å². The second kappa shape index (κ2) is 5.01. The zero-order valence-electron chi connectivity index (χ0n) is 9.90. The van der Waals surface area contributed by atoms with Crippen LogP contribution in [0.25, 0.3) is 0 Å². The zero-order valence-corrected chi connectivity index (χ0v) is 9.90. The lowest BCUT2D eigenvalue weighted by Crippen LogP contribution is -2.12. The summed E-state index contributed by atoms with van der Waals surface area (Å²) in [6.45, 7) is 5.78. The Morgan fingerprint density at radius 1 is 1.31 bits per heavy atom. The summed E-state index contributed by atoms with van der Waals surface area (Å²) in [5, 5.41) is 18.5. The molecule has 0 fully saturated rings. The topological polar surface area (TPSA) is 57.5 Å². The SMILES string of the molecule is CC(Cc1cc(C(C)C)ccc1O)C(=O)O. The molecule has 0 saturated heterocycles. The van der Waals surface area contributed by atoms with Gasteiger partial charge in [0.05, 0.1) is 5.92 Å². The minimum Gasteiger partial charge on any atom is -0.508 e. The Morgan fingerprint density at radius 2 is 1.94 bits per heavy atom. The Balaban J connectivity index is 2.94. The van der Waals surface area contributed by atoms with E-state index in [1.54, 1.807) is 13.0 Å². The van der Waals surface area contributed by atoms with E-state index in [1.807, 2.05) is 12.1 Å². The van der Waals surface area contributed by atoms with Gasteiger partial charge in [0.2, 0.25) is 0 Å². The molecule has 1 aromatic carbocycles. The number of carboxylic acid groups (broad SMARTS) is 1. The summed E-state index contributed by atoms with van der Waals surface area (Å²) in [6, 6.07) is 5.40. The number of hydrogen-bond acceptors (Lipinski definition) is 2. The first-order valence-corrected chi connectivity index (χ1v) is 5.46. The number of aliphatic carboxylic acids is 1. The highest BCUT2D eigenvalue weighted by Crippen LogP contribution is 2.25.